The van der Waals surface area contributed by atoms with Crippen molar-refractivity contribution in [3.05, 3.63) is 126 Å². The molecule has 0 amide bonds. The molecule has 0 aliphatic rings. The molecule has 0 radical (unpaired) electrons. The van der Waals surface area contributed by atoms with Crippen LogP contribution in [0.2, 0.25) is 0 Å². The van der Waals surface area contributed by atoms with Crippen molar-refractivity contribution in [1.82, 2.24) is 0 Å². The van der Waals surface area contributed by atoms with Gasteiger partial charge in [-0.25, -0.2) is 0 Å². The molecule has 0 fully saturated rings. The maximum atomic E-state index is 3.28. The normalized spacial score (nSPS) is 11.1. The van der Waals surface area contributed by atoms with Crippen molar-refractivity contribution in [1.29, 1.82) is 0 Å². The summed E-state index contributed by atoms with van der Waals surface area (Å²) in [4.78, 5) is 0. The monoisotopic (exact) mass is 424 g/mol. The molecule has 0 saturated heterocycles. The number of hydrogen-bond acceptors (Lipinski definition) is 0. The van der Waals surface area contributed by atoms with Gasteiger partial charge in [0, 0.05) is 0 Å². The molecule has 0 aliphatic carbocycles. The van der Waals surface area contributed by atoms with Gasteiger partial charge in [-0.2, -0.15) is 0 Å². The van der Waals surface area contributed by atoms with Gasteiger partial charge < -0.3 is 0 Å². The van der Waals surface area contributed by atoms with Crippen LogP contribution in [0.1, 0.15) is 16.7 Å². The van der Waals surface area contributed by atoms with Crippen LogP contribution in [0.25, 0.3) is 15.2 Å². The number of allylic oxidation sites excluding steroid dienone is 1. The second-order valence-electron chi connectivity index (χ2n) is 6.44. The van der Waals surface area contributed by atoms with E-state index < -0.39 is 0 Å². The summed E-state index contributed by atoms with van der Waals surface area (Å²) in [5, 5.41) is 3.72. The number of hydrogen-bond donors (Lipinski definition) is 0. The molecule has 0 spiro atoms. The van der Waals surface area contributed by atoms with E-state index in [1.165, 1.54) is 26.4 Å². The fourth-order valence-electron chi connectivity index (χ4n) is 3.09. The minimum atomic E-state index is 0.302. The predicted octanol–water partition coefficient (Wildman–Crippen LogP) is 6.14. The zero-order valence-corrected chi connectivity index (χ0v) is 17.2. The first-order valence-corrected chi connectivity index (χ1v) is 11.4. The zero-order valence-electron chi connectivity index (χ0n) is 15.5. The van der Waals surface area contributed by atoms with Crippen molar-refractivity contribution in [3.63, 3.8) is 0 Å². The Hall–Kier alpha value is -3.04. The van der Waals surface area contributed by atoms with Crippen molar-refractivity contribution in [2.75, 3.05) is 0 Å². The molecule has 28 heavy (non-hydrogen) atoms. The third-order valence-corrected chi connectivity index (χ3v) is 6.86. The van der Waals surface area contributed by atoms with E-state index in [0.717, 1.165) is 10.9 Å². The van der Waals surface area contributed by atoms with Crippen LogP contribution >= 0.6 is 0 Å². The van der Waals surface area contributed by atoms with Gasteiger partial charge in [0.1, 0.15) is 0 Å². The molecule has 1 heteroatoms. The van der Waals surface area contributed by atoms with Crippen molar-refractivity contribution in [3.8, 4) is 11.8 Å². The third-order valence-electron chi connectivity index (χ3n) is 4.51. The molecular weight excluding hydrogens is 403 g/mol. The minimum absolute atomic E-state index is 0.302. The molecule has 0 heterocycles. The summed E-state index contributed by atoms with van der Waals surface area (Å²) in [7, 11) is 0. The predicted molar refractivity (Wildman–Crippen MR) is 121 cm³/mol. The van der Waals surface area contributed by atoms with Gasteiger partial charge in [-0.1, -0.05) is 0 Å². The van der Waals surface area contributed by atoms with Crippen LogP contribution < -0.4 is 0 Å². The molecule has 0 aliphatic heterocycles. The molecule has 4 rings (SSSR count). The van der Waals surface area contributed by atoms with Gasteiger partial charge in [0.05, 0.1) is 0 Å². The Morgan fingerprint density at radius 1 is 0.714 bits per heavy atom. The summed E-state index contributed by atoms with van der Waals surface area (Å²) < 4.78 is 1.34. The molecular formula is C27H20Se. The molecule has 0 unspecified atom stereocenters. The fraction of sp³-hybridized carbons (Fsp3) is 0.0370. The second kappa shape index (κ2) is 9.25. The topological polar surface area (TPSA) is 0 Å². The van der Waals surface area contributed by atoms with Crippen LogP contribution in [-0.2, 0) is 5.32 Å². The first kappa shape index (κ1) is 18.3. The summed E-state index contributed by atoms with van der Waals surface area (Å²) >= 11 is 0.302. The van der Waals surface area contributed by atoms with E-state index in [0.29, 0.717) is 15.0 Å². The van der Waals surface area contributed by atoms with Gasteiger partial charge in [-0.05, 0) is 0 Å². The summed E-state index contributed by atoms with van der Waals surface area (Å²) in [5.41, 5.74) is 3.73. The van der Waals surface area contributed by atoms with Gasteiger partial charge in [0.2, 0.25) is 0 Å². The Bertz CT molecular complexity index is 1140. The van der Waals surface area contributed by atoms with E-state index in [4.69, 9.17) is 0 Å². The molecule has 0 bridgehead atoms. The van der Waals surface area contributed by atoms with Crippen LogP contribution in [0.5, 0.6) is 0 Å². The Balaban J connectivity index is 1.61. The van der Waals surface area contributed by atoms with E-state index in [9.17, 15) is 0 Å². The number of benzene rings is 4. The van der Waals surface area contributed by atoms with Crippen LogP contribution in [-0.4, -0.2) is 15.0 Å². The van der Waals surface area contributed by atoms with Gasteiger partial charge in [0.15, 0.2) is 0 Å². The second-order valence-corrected chi connectivity index (χ2v) is 8.57. The molecule has 4 aromatic carbocycles. The van der Waals surface area contributed by atoms with Crippen molar-refractivity contribution < 1.29 is 0 Å². The van der Waals surface area contributed by atoms with E-state index in [-0.39, 0.29) is 0 Å². The Labute approximate surface area is 173 Å². The van der Waals surface area contributed by atoms with Crippen molar-refractivity contribution in [2.24, 2.45) is 0 Å². The molecule has 4 aromatic rings. The van der Waals surface area contributed by atoms with Crippen molar-refractivity contribution >= 4 is 30.2 Å². The molecule has 0 atom stereocenters. The first-order valence-electron chi connectivity index (χ1n) is 9.32. The zero-order chi connectivity index (χ0) is 19.0. The van der Waals surface area contributed by atoms with Crippen LogP contribution in [0.15, 0.2) is 109 Å². The Morgan fingerprint density at radius 3 is 2.21 bits per heavy atom. The average molecular weight is 423 g/mol. The van der Waals surface area contributed by atoms with Gasteiger partial charge >= 0.3 is 173 Å². The van der Waals surface area contributed by atoms with Crippen LogP contribution in [0.3, 0.4) is 0 Å². The average Bonchev–Trinajstić information content (AvgIpc) is 2.77. The summed E-state index contributed by atoms with van der Waals surface area (Å²) in [6.45, 7) is 0. The van der Waals surface area contributed by atoms with E-state index in [1.54, 1.807) is 0 Å². The van der Waals surface area contributed by atoms with Crippen molar-refractivity contribution in [2.45, 2.75) is 5.32 Å². The maximum absolute atomic E-state index is 3.28. The molecule has 0 N–H and O–H groups in total. The van der Waals surface area contributed by atoms with Gasteiger partial charge in [-0.3, -0.25) is 0 Å². The summed E-state index contributed by atoms with van der Waals surface area (Å²) in [6.07, 6.45) is 2.10. The molecule has 134 valence electrons. The molecule has 0 saturated carbocycles. The van der Waals surface area contributed by atoms with Crippen LogP contribution in [0, 0.1) is 11.8 Å². The fourth-order valence-corrected chi connectivity index (χ4v) is 5.21. The van der Waals surface area contributed by atoms with Crippen LogP contribution in [0.4, 0.5) is 0 Å². The third kappa shape index (κ3) is 4.62. The van der Waals surface area contributed by atoms with Gasteiger partial charge in [-0.15, -0.1) is 0 Å². The first-order chi connectivity index (χ1) is 13.9. The Morgan fingerprint density at radius 2 is 1.39 bits per heavy atom. The van der Waals surface area contributed by atoms with Gasteiger partial charge in [0.25, 0.3) is 0 Å². The SMILES string of the molecule is C(#Cc1ccccc1)/C=C(\[Se]Cc1cccc2ccccc12)c1ccccc1. The van der Waals surface area contributed by atoms with E-state index >= 15 is 0 Å². The Kier molecular flexibility index (Phi) is 6.05. The number of fused-ring (bicyclic) bond motifs is 1. The quantitative estimate of drug-likeness (QED) is 0.273. The summed E-state index contributed by atoms with van der Waals surface area (Å²) in [6, 6.07) is 36.0. The standard InChI is InChI=1S/C27H20Se/c1-3-11-22(12-4-1)13-9-20-27(24-15-5-2-6-16-24)28-21-25-18-10-17-23-14-7-8-19-26(23)25/h1-8,10-12,14-20H,21H2/b27-20-. The molecule has 0 nitrogen and oxygen atoms in total. The van der Waals surface area contributed by atoms with E-state index in [2.05, 4.69) is 90.7 Å². The summed E-state index contributed by atoms with van der Waals surface area (Å²) in [5.74, 6) is 6.53. The number of rotatable bonds is 4. The van der Waals surface area contributed by atoms with E-state index in [1.807, 2.05) is 30.3 Å². The molecule has 0 aromatic heterocycles.